The highest BCUT2D eigenvalue weighted by atomic mass is 79.9. The Kier molecular flexibility index (Phi) is 4.26. The predicted molar refractivity (Wildman–Crippen MR) is 64.7 cm³/mol. The van der Waals surface area contributed by atoms with E-state index in [2.05, 4.69) is 21.2 Å². The molecular formula is C9H8BrClN2O3. The normalized spacial score (nSPS) is 11.9. The fourth-order valence-corrected chi connectivity index (χ4v) is 1.47. The molecule has 1 aromatic rings. The summed E-state index contributed by atoms with van der Waals surface area (Å²) in [4.78, 5) is 21.2. The van der Waals surface area contributed by atoms with Crippen LogP contribution in [-0.2, 0) is 4.79 Å². The van der Waals surface area contributed by atoms with Crippen LogP contribution in [0.25, 0.3) is 0 Å². The Bertz CT molecular complexity index is 437. The molecule has 0 heterocycles. The molecule has 1 aromatic carbocycles. The van der Waals surface area contributed by atoms with Crippen LogP contribution in [0.1, 0.15) is 6.92 Å². The van der Waals surface area contributed by atoms with Crippen LogP contribution in [0, 0.1) is 10.1 Å². The van der Waals surface area contributed by atoms with Crippen molar-refractivity contribution in [2.75, 3.05) is 5.32 Å². The van der Waals surface area contributed by atoms with Crippen LogP contribution in [-0.4, -0.2) is 16.2 Å². The Morgan fingerprint density at radius 1 is 1.62 bits per heavy atom. The van der Waals surface area contributed by atoms with Gasteiger partial charge in [-0.1, -0.05) is 0 Å². The molecule has 0 saturated carbocycles. The molecule has 1 atom stereocenters. The Labute approximate surface area is 105 Å². The van der Waals surface area contributed by atoms with Gasteiger partial charge in [-0.3, -0.25) is 14.9 Å². The number of nitro groups is 1. The molecule has 1 rings (SSSR count). The van der Waals surface area contributed by atoms with E-state index in [1.807, 2.05) is 0 Å². The molecule has 0 spiro atoms. The van der Waals surface area contributed by atoms with E-state index in [-0.39, 0.29) is 11.6 Å². The second-order valence-corrected chi connectivity index (χ2v) is 4.54. The standard InChI is InChI=1S/C9H8BrClN2O3/c1-5(11)9(14)12-8-3-2-6(13(15)16)4-7(8)10/h2-5H,1H3,(H,12,14)/t5-/m1/s1. The molecule has 86 valence electrons. The first-order chi connectivity index (χ1) is 7.41. The number of anilines is 1. The number of nitrogens with one attached hydrogen (secondary N) is 1. The van der Waals surface area contributed by atoms with Gasteiger partial charge in [0.05, 0.1) is 10.6 Å². The van der Waals surface area contributed by atoms with Gasteiger partial charge in [0, 0.05) is 16.6 Å². The molecule has 0 aliphatic rings. The molecule has 0 saturated heterocycles. The van der Waals surface area contributed by atoms with E-state index in [0.29, 0.717) is 10.2 Å². The van der Waals surface area contributed by atoms with Crippen molar-refractivity contribution >= 4 is 44.8 Å². The molecule has 7 heteroatoms. The number of hydrogen-bond donors (Lipinski definition) is 1. The molecule has 0 aliphatic heterocycles. The zero-order valence-electron chi connectivity index (χ0n) is 8.24. The van der Waals surface area contributed by atoms with Crippen LogP contribution < -0.4 is 5.32 Å². The van der Waals surface area contributed by atoms with Gasteiger partial charge in [0.2, 0.25) is 5.91 Å². The molecular weight excluding hydrogens is 299 g/mol. The van der Waals surface area contributed by atoms with Crippen molar-refractivity contribution in [3.63, 3.8) is 0 Å². The van der Waals surface area contributed by atoms with Gasteiger partial charge < -0.3 is 5.32 Å². The highest BCUT2D eigenvalue weighted by Gasteiger charge is 2.13. The zero-order valence-corrected chi connectivity index (χ0v) is 10.6. The number of carbonyl (C=O) groups is 1. The minimum Gasteiger partial charge on any atom is -0.324 e. The monoisotopic (exact) mass is 306 g/mol. The number of non-ortho nitro benzene ring substituents is 1. The van der Waals surface area contributed by atoms with E-state index < -0.39 is 10.3 Å². The lowest BCUT2D eigenvalue weighted by atomic mass is 10.3. The van der Waals surface area contributed by atoms with E-state index in [4.69, 9.17) is 11.6 Å². The number of amides is 1. The number of halogens is 2. The Balaban J connectivity index is 2.91. The van der Waals surface area contributed by atoms with E-state index in [0.717, 1.165) is 0 Å². The van der Waals surface area contributed by atoms with Crippen LogP contribution in [0.4, 0.5) is 11.4 Å². The number of benzene rings is 1. The Morgan fingerprint density at radius 3 is 2.69 bits per heavy atom. The number of nitrogens with zero attached hydrogens (tertiary/aromatic N) is 1. The van der Waals surface area contributed by atoms with Gasteiger partial charge in [-0.05, 0) is 28.9 Å². The first kappa shape index (κ1) is 12.9. The topological polar surface area (TPSA) is 72.2 Å². The van der Waals surface area contributed by atoms with Crippen molar-refractivity contribution < 1.29 is 9.72 Å². The molecule has 0 fully saturated rings. The summed E-state index contributed by atoms with van der Waals surface area (Å²) < 4.78 is 0.437. The van der Waals surface area contributed by atoms with Crippen LogP contribution in [0.15, 0.2) is 22.7 Å². The fourth-order valence-electron chi connectivity index (χ4n) is 0.951. The molecule has 16 heavy (non-hydrogen) atoms. The fraction of sp³-hybridized carbons (Fsp3) is 0.222. The number of nitro benzene ring substituents is 1. The van der Waals surface area contributed by atoms with Crippen molar-refractivity contribution in [3.05, 3.63) is 32.8 Å². The molecule has 1 amide bonds. The molecule has 0 aromatic heterocycles. The van der Waals surface area contributed by atoms with Crippen LogP contribution in [0.3, 0.4) is 0 Å². The molecule has 0 unspecified atom stereocenters. The predicted octanol–water partition coefficient (Wildman–Crippen LogP) is 2.92. The smallest absolute Gasteiger partial charge is 0.270 e. The number of carbonyl (C=O) groups excluding carboxylic acids is 1. The highest BCUT2D eigenvalue weighted by Crippen LogP contribution is 2.27. The third-order valence-electron chi connectivity index (χ3n) is 1.78. The summed E-state index contributed by atoms with van der Waals surface area (Å²) >= 11 is 8.71. The zero-order chi connectivity index (χ0) is 12.3. The van der Waals surface area contributed by atoms with Gasteiger partial charge in [0.1, 0.15) is 5.38 Å². The van der Waals surface area contributed by atoms with Gasteiger partial charge in [0.25, 0.3) is 5.69 Å². The molecule has 0 aliphatic carbocycles. The first-order valence-electron chi connectivity index (χ1n) is 4.30. The van der Waals surface area contributed by atoms with Crippen molar-refractivity contribution in [2.45, 2.75) is 12.3 Å². The number of rotatable bonds is 3. The van der Waals surface area contributed by atoms with Crippen molar-refractivity contribution in [1.82, 2.24) is 0 Å². The van der Waals surface area contributed by atoms with Crippen molar-refractivity contribution in [3.8, 4) is 0 Å². The highest BCUT2D eigenvalue weighted by molar-refractivity contribution is 9.10. The average molecular weight is 308 g/mol. The lowest BCUT2D eigenvalue weighted by Gasteiger charge is -2.07. The SMILES string of the molecule is C[C@@H](Cl)C(=O)Nc1ccc([N+](=O)[O-])cc1Br. The summed E-state index contributed by atoms with van der Waals surface area (Å²) in [6.45, 7) is 1.54. The largest absolute Gasteiger partial charge is 0.324 e. The van der Waals surface area contributed by atoms with E-state index in [1.165, 1.54) is 25.1 Å². The van der Waals surface area contributed by atoms with E-state index in [1.54, 1.807) is 0 Å². The lowest BCUT2D eigenvalue weighted by Crippen LogP contribution is -2.20. The average Bonchev–Trinajstić information content (AvgIpc) is 2.20. The summed E-state index contributed by atoms with van der Waals surface area (Å²) in [6, 6.07) is 4.06. The van der Waals surface area contributed by atoms with Gasteiger partial charge in [-0.2, -0.15) is 0 Å². The van der Waals surface area contributed by atoms with Crippen molar-refractivity contribution in [1.29, 1.82) is 0 Å². The quantitative estimate of drug-likeness (QED) is 0.530. The second-order valence-electron chi connectivity index (χ2n) is 3.03. The van der Waals surface area contributed by atoms with E-state index >= 15 is 0 Å². The van der Waals surface area contributed by atoms with Gasteiger partial charge >= 0.3 is 0 Å². The minimum absolute atomic E-state index is 0.0520. The maximum atomic E-state index is 11.3. The minimum atomic E-state index is -0.665. The van der Waals surface area contributed by atoms with Crippen LogP contribution in [0.5, 0.6) is 0 Å². The molecule has 0 radical (unpaired) electrons. The molecule has 1 N–H and O–H groups in total. The second kappa shape index (κ2) is 5.27. The number of alkyl halides is 1. The third kappa shape index (κ3) is 3.18. The maximum absolute atomic E-state index is 11.3. The molecule has 0 bridgehead atoms. The summed E-state index contributed by atoms with van der Waals surface area (Å²) in [5, 5.41) is 12.3. The summed E-state index contributed by atoms with van der Waals surface area (Å²) in [5.41, 5.74) is 0.395. The van der Waals surface area contributed by atoms with Gasteiger partial charge in [-0.15, -0.1) is 11.6 Å². The Hall–Kier alpha value is -1.14. The van der Waals surface area contributed by atoms with Crippen LogP contribution >= 0.6 is 27.5 Å². The number of hydrogen-bond acceptors (Lipinski definition) is 3. The van der Waals surface area contributed by atoms with Gasteiger partial charge in [0.15, 0.2) is 0 Å². The third-order valence-corrected chi connectivity index (χ3v) is 2.64. The van der Waals surface area contributed by atoms with Gasteiger partial charge in [-0.25, -0.2) is 0 Å². The summed E-state index contributed by atoms with van der Waals surface area (Å²) in [6.07, 6.45) is 0. The van der Waals surface area contributed by atoms with Crippen molar-refractivity contribution in [2.24, 2.45) is 0 Å². The van der Waals surface area contributed by atoms with Crippen LogP contribution in [0.2, 0.25) is 0 Å². The lowest BCUT2D eigenvalue weighted by molar-refractivity contribution is -0.384. The maximum Gasteiger partial charge on any atom is 0.270 e. The summed E-state index contributed by atoms with van der Waals surface area (Å²) in [7, 11) is 0. The first-order valence-corrected chi connectivity index (χ1v) is 5.53. The summed E-state index contributed by atoms with van der Waals surface area (Å²) in [5.74, 6) is -0.365. The molecule has 5 nitrogen and oxygen atoms in total. The Morgan fingerprint density at radius 2 is 2.25 bits per heavy atom. The van der Waals surface area contributed by atoms with E-state index in [9.17, 15) is 14.9 Å².